The normalized spacial score (nSPS) is 12.1. The van der Waals surface area contributed by atoms with Crippen LogP contribution >= 0.6 is 23.2 Å². The molecule has 0 unspecified atom stereocenters. The maximum absolute atomic E-state index is 11.9. The lowest BCUT2D eigenvalue weighted by molar-refractivity contribution is -0.157. The Morgan fingerprint density at radius 2 is 1.08 bits per heavy atom. The van der Waals surface area contributed by atoms with Crippen LogP contribution in [0, 0.1) is 10.8 Å². The Labute approximate surface area is 161 Å². The lowest BCUT2D eigenvalue weighted by Crippen LogP contribution is -2.29. The predicted octanol–water partition coefficient (Wildman–Crippen LogP) is 4.18. The summed E-state index contributed by atoms with van der Waals surface area (Å²) in [5.41, 5.74) is -1.09. The lowest BCUT2D eigenvalue weighted by atomic mass is 9.88. The van der Waals surface area contributed by atoms with Crippen LogP contribution in [0.3, 0.4) is 0 Å². The molecule has 0 heterocycles. The van der Waals surface area contributed by atoms with E-state index in [2.05, 4.69) is 0 Å². The first-order valence-electron chi connectivity index (χ1n) is 8.71. The summed E-state index contributed by atoms with van der Waals surface area (Å²) in [4.78, 5) is 23.9. The molecule has 0 aromatic rings. The van der Waals surface area contributed by atoms with Crippen LogP contribution in [-0.4, -0.2) is 50.1 Å². The third kappa shape index (κ3) is 10.9. The molecule has 148 valence electrons. The fourth-order valence-corrected chi connectivity index (χ4v) is 2.37. The predicted molar refractivity (Wildman–Crippen MR) is 100 cm³/mol. The Morgan fingerprint density at radius 1 is 0.720 bits per heavy atom. The van der Waals surface area contributed by atoms with Crippen molar-refractivity contribution in [2.24, 2.45) is 10.8 Å². The number of hydrogen-bond donors (Lipinski definition) is 0. The molecule has 25 heavy (non-hydrogen) atoms. The summed E-state index contributed by atoms with van der Waals surface area (Å²) in [6.45, 7) is 8.26. The molecule has 0 radical (unpaired) electrons. The Bertz CT molecular complexity index is 361. The summed E-state index contributed by atoms with van der Waals surface area (Å²) < 4.78 is 15.7. The number of ether oxygens (including phenoxy) is 3. The zero-order valence-corrected chi connectivity index (χ0v) is 17.4. The molecule has 0 atom stereocenters. The highest BCUT2D eigenvalue weighted by Gasteiger charge is 2.29. The smallest absolute Gasteiger partial charge is 0.311 e. The van der Waals surface area contributed by atoms with Gasteiger partial charge in [-0.1, -0.05) is 0 Å². The highest BCUT2D eigenvalue weighted by Crippen LogP contribution is 2.25. The van der Waals surface area contributed by atoms with Crippen molar-refractivity contribution in [3.8, 4) is 0 Å². The zero-order chi connectivity index (χ0) is 19.3. The van der Waals surface area contributed by atoms with Gasteiger partial charge in [-0.05, 0) is 53.4 Å². The topological polar surface area (TPSA) is 61.8 Å². The minimum absolute atomic E-state index is 0.179. The van der Waals surface area contributed by atoms with E-state index in [1.807, 2.05) is 27.7 Å². The van der Waals surface area contributed by atoms with Crippen molar-refractivity contribution in [3.63, 3.8) is 0 Å². The molecule has 0 aromatic carbocycles. The largest absolute Gasteiger partial charge is 0.463 e. The summed E-state index contributed by atoms with van der Waals surface area (Å²) in [6.07, 6.45) is 2.91. The third-order valence-electron chi connectivity index (χ3n) is 3.90. The molecular formula is C18H32Cl2O5. The van der Waals surface area contributed by atoms with Crippen molar-refractivity contribution in [2.45, 2.75) is 53.4 Å². The molecule has 0 rings (SSSR count). The summed E-state index contributed by atoms with van der Waals surface area (Å²) in [7, 11) is 0. The van der Waals surface area contributed by atoms with Gasteiger partial charge in [-0.3, -0.25) is 9.59 Å². The highest BCUT2D eigenvalue weighted by atomic mass is 35.5. The molecule has 0 spiro atoms. The standard InChI is InChI=1S/C18H32Cl2O5/c1-17(2,7-5-9-19)15(21)24-13-11-23-12-14-25-16(22)18(3,4)8-6-10-20/h5-14H2,1-4H3. The van der Waals surface area contributed by atoms with E-state index in [1.54, 1.807) is 0 Å². The summed E-state index contributed by atoms with van der Waals surface area (Å²) in [6, 6.07) is 0. The molecule has 0 saturated carbocycles. The highest BCUT2D eigenvalue weighted by molar-refractivity contribution is 6.18. The minimum Gasteiger partial charge on any atom is -0.463 e. The van der Waals surface area contributed by atoms with Crippen LogP contribution in [-0.2, 0) is 23.8 Å². The first-order chi connectivity index (χ1) is 11.7. The molecular weight excluding hydrogens is 367 g/mol. The Hall–Kier alpha value is -0.520. The van der Waals surface area contributed by atoms with Gasteiger partial charge in [0.1, 0.15) is 13.2 Å². The van der Waals surface area contributed by atoms with E-state index in [0.29, 0.717) is 24.6 Å². The monoisotopic (exact) mass is 398 g/mol. The fraction of sp³-hybridized carbons (Fsp3) is 0.889. The Balaban J connectivity index is 3.80. The quantitative estimate of drug-likeness (QED) is 0.249. The van der Waals surface area contributed by atoms with Gasteiger partial charge < -0.3 is 14.2 Å². The Kier molecular flexibility index (Phi) is 12.5. The molecule has 0 aromatic heterocycles. The number of rotatable bonds is 14. The summed E-state index contributed by atoms with van der Waals surface area (Å²) in [5.74, 6) is 0.546. The average Bonchev–Trinajstić information content (AvgIpc) is 2.56. The van der Waals surface area contributed by atoms with Gasteiger partial charge in [0.05, 0.1) is 24.0 Å². The van der Waals surface area contributed by atoms with E-state index in [4.69, 9.17) is 37.4 Å². The fourth-order valence-electron chi connectivity index (χ4n) is 2.10. The van der Waals surface area contributed by atoms with E-state index in [0.717, 1.165) is 12.8 Å². The maximum Gasteiger partial charge on any atom is 0.311 e. The zero-order valence-electron chi connectivity index (χ0n) is 15.9. The molecule has 0 saturated heterocycles. The molecule has 0 aliphatic carbocycles. The molecule has 0 N–H and O–H groups in total. The number of halogens is 2. The van der Waals surface area contributed by atoms with Gasteiger partial charge in [0, 0.05) is 11.8 Å². The van der Waals surface area contributed by atoms with E-state index >= 15 is 0 Å². The van der Waals surface area contributed by atoms with Gasteiger partial charge in [-0.15, -0.1) is 23.2 Å². The van der Waals surface area contributed by atoms with Crippen molar-refractivity contribution in [2.75, 3.05) is 38.2 Å². The van der Waals surface area contributed by atoms with Crippen LogP contribution in [0.4, 0.5) is 0 Å². The van der Waals surface area contributed by atoms with Crippen LogP contribution in [0.15, 0.2) is 0 Å². The van der Waals surface area contributed by atoms with Crippen molar-refractivity contribution < 1.29 is 23.8 Å². The van der Waals surface area contributed by atoms with Gasteiger partial charge in [-0.25, -0.2) is 0 Å². The second-order valence-corrected chi connectivity index (χ2v) is 7.99. The lowest BCUT2D eigenvalue weighted by Gasteiger charge is -2.22. The summed E-state index contributed by atoms with van der Waals surface area (Å²) >= 11 is 11.3. The molecule has 7 heteroatoms. The first kappa shape index (κ1) is 24.5. The molecule has 5 nitrogen and oxygen atoms in total. The molecule has 0 aliphatic rings. The van der Waals surface area contributed by atoms with E-state index in [1.165, 1.54) is 0 Å². The molecule has 0 bridgehead atoms. The Morgan fingerprint density at radius 3 is 1.40 bits per heavy atom. The van der Waals surface area contributed by atoms with Crippen molar-refractivity contribution in [3.05, 3.63) is 0 Å². The summed E-state index contributed by atoms with van der Waals surface area (Å²) in [5, 5.41) is 0. The van der Waals surface area contributed by atoms with Gasteiger partial charge in [0.2, 0.25) is 0 Å². The molecule has 0 aliphatic heterocycles. The molecule has 0 fully saturated rings. The number of alkyl halides is 2. The average molecular weight is 399 g/mol. The van der Waals surface area contributed by atoms with Crippen LogP contribution in [0.25, 0.3) is 0 Å². The van der Waals surface area contributed by atoms with Gasteiger partial charge >= 0.3 is 11.9 Å². The van der Waals surface area contributed by atoms with Gasteiger partial charge in [-0.2, -0.15) is 0 Å². The number of hydrogen-bond acceptors (Lipinski definition) is 5. The van der Waals surface area contributed by atoms with Crippen LogP contribution in [0.5, 0.6) is 0 Å². The number of esters is 2. The van der Waals surface area contributed by atoms with E-state index in [9.17, 15) is 9.59 Å². The second kappa shape index (κ2) is 12.8. The number of carbonyl (C=O) groups is 2. The van der Waals surface area contributed by atoms with Crippen molar-refractivity contribution in [1.29, 1.82) is 0 Å². The van der Waals surface area contributed by atoms with Gasteiger partial charge in [0.15, 0.2) is 0 Å². The number of carbonyl (C=O) groups excluding carboxylic acids is 2. The van der Waals surface area contributed by atoms with E-state index in [-0.39, 0.29) is 38.4 Å². The molecule has 0 amide bonds. The van der Waals surface area contributed by atoms with Crippen molar-refractivity contribution >= 4 is 35.1 Å². The first-order valence-corrected chi connectivity index (χ1v) is 9.78. The van der Waals surface area contributed by atoms with Crippen molar-refractivity contribution in [1.82, 2.24) is 0 Å². The van der Waals surface area contributed by atoms with E-state index < -0.39 is 10.8 Å². The van der Waals surface area contributed by atoms with Crippen LogP contribution in [0.1, 0.15) is 53.4 Å². The minimum atomic E-state index is -0.543. The SMILES string of the molecule is CC(C)(CCCCl)C(=O)OCCOCCOC(=O)C(C)(C)CCCCl. The van der Waals surface area contributed by atoms with Crippen LogP contribution < -0.4 is 0 Å². The third-order valence-corrected chi connectivity index (χ3v) is 4.43. The van der Waals surface area contributed by atoms with Gasteiger partial charge in [0.25, 0.3) is 0 Å². The second-order valence-electron chi connectivity index (χ2n) is 7.24. The maximum atomic E-state index is 11.9. The van der Waals surface area contributed by atoms with Crippen LogP contribution in [0.2, 0.25) is 0 Å².